The third-order valence-electron chi connectivity index (χ3n) is 2.58. The molecule has 1 atom stereocenters. The van der Waals surface area contributed by atoms with E-state index in [0.29, 0.717) is 19.4 Å². The van der Waals surface area contributed by atoms with Gasteiger partial charge >= 0.3 is 0 Å². The lowest BCUT2D eigenvalue weighted by atomic mass is 9.89. The van der Waals surface area contributed by atoms with E-state index in [1.807, 2.05) is 0 Å². The molecular weight excluding hydrogens is 228 g/mol. The van der Waals surface area contributed by atoms with Crippen LogP contribution in [0.2, 0.25) is 0 Å². The summed E-state index contributed by atoms with van der Waals surface area (Å²) in [4.78, 5) is 0. The van der Waals surface area contributed by atoms with Crippen LogP contribution < -0.4 is 5.73 Å². The highest BCUT2D eigenvalue weighted by Crippen LogP contribution is 2.28. The molecule has 0 bridgehead atoms. The van der Waals surface area contributed by atoms with Gasteiger partial charge < -0.3 is 15.6 Å². The maximum absolute atomic E-state index is 13.1. The molecule has 1 unspecified atom stereocenters. The first-order valence-electron chi connectivity index (χ1n) is 5.40. The van der Waals surface area contributed by atoms with Gasteiger partial charge in [0.05, 0.1) is 6.61 Å². The van der Waals surface area contributed by atoms with Gasteiger partial charge in [-0.2, -0.15) is 0 Å². The highest BCUT2D eigenvalue weighted by atomic mass is 19.1. The molecule has 0 heterocycles. The molecule has 0 fully saturated rings. The Kier molecular flexibility index (Phi) is 4.99. The Labute approximate surface area is 99.2 Å². The zero-order chi connectivity index (χ0) is 12.9. The molecule has 0 spiro atoms. The van der Waals surface area contributed by atoms with E-state index in [0.717, 1.165) is 18.2 Å². The molecule has 1 aromatic rings. The van der Waals surface area contributed by atoms with Crippen LogP contribution in [0.3, 0.4) is 0 Å². The second-order valence-electron chi connectivity index (χ2n) is 4.01. The highest BCUT2D eigenvalue weighted by Gasteiger charge is 2.29. The summed E-state index contributed by atoms with van der Waals surface area (Å²) in [5, 5.41) is 10.3. The lowest BCUT2D eigenvalue weighted by Crippen LogP contribution is -2.32. The van der Waals surface area contributed by atoms with Gasteiger partial charge in [0, 0.05) is 13.2 Å². The molecule has 3 nitrogen and oxygen atoms in total. The second kappa shape index (κ2) is 6.05. The van der Waals surface area contributed by atoms with Gasteiger partial charge in [-0.15, -0.1) is 0 Å². The Morgan fingerprint density at radius 3 is 2.35 bits per heavy atom. The molecule has 17 heavy (non-hydrogen) atoms. The molecule has 0 saturated heterocycles. The van der Waals surface area contributed by atoms with E-state index in [1.165, 1.54) is 7.11 Å². The molecule has 0 aliphatic rings. The summed E-state index contributed by atoms with van der Waals surface area (Å²) >= 11 is 0. The van der Waals surface area contributed by atoms with Crippen molar-refractivity contribution >= 4 is 0 Å². The molecule has 3 N–H and O–H groups in total. The fraction of sp³-hybridized carbons (Fsp3) is 0.500. The van der Waals surface area contributed by atoms with Crippen molar-refractivity contribution in [2.75, 3.05) is 20.3 Å². The van der Waals surface area contributed by atoms with Crippen LogP contribution in [0.15, 0.2) is 18.2 Å². The van der Waals surface area contributed by atoms with Crippen LogP contribution in [0.5, 0.6) is 0 Å². The number of aliphatic hydroxyl groups is 1. The van der Waals surface area contributed by atoms with Crippen LogP contribution in [0.25, 0.3) is 0 Å². The van der Waals surface area contributed by atoms with Crippen LogP contribution in [0.1, 0.15) is 18.4 Å². The van der Waals surface area contributed by atoms with E-state index in [9.17, 15) is 13.9 Å². The fourth-order valence-electron chi connectivity index (χ4n) is 1.76. The van der Waals surface area contributed by atoms with Crippen molar-refractivity contribution in [3.05, 3.63) is 35.4 Å². The largest absolute Gasteiger partial charge is 0.383 e. The van der Waals surface area contributed by atoms with Crippen molar-refractivity contribution in [2.45, 2.75) is 18.4 Å². The van der Waals surface area contributed by atoms with Gasteiger partial charge in [-0.3, -0.25) is 0 Å². The smallest absolute Gasteiger partial charge is 0.126 e. The van der Waals surface area contributed by atoms with Crippen molar-refractivity contribution in [3.63, 3.8) is 0 Å². The zero-order valence-corrected chi connectivity index (χ0v) is 9.75. The molecular formula is C12H17F2NO2. The molecule has 1 aromatic carbocycles. The number of methoxy groups -OCH3 is 1. The fourth-order valence-corrected chi connectivity index (χ4v) is 1.76. The van der Waals surface area contributed by atoms with Gasteiger partial charge in [0.15, 0.2) is 0 Å². The number of halogens is 2. The minimum atomic E-state index is -1.41. The number of hydrogen-bond donors (Lipinski definition) is 2. The maximum atomic E-state index is 13.1. The molecule has 0 amide bonds. The lowest BCUT2D eigenvalue weighted by Gasteiger charge is -2.28. The predicted molar refractivity (Wildman–Crippen MR) is 60.4 cm³/mol. The average molecular weight is 245 g/mol. The van der Waals surface area contributed by atoms with Crippen LogP contribution in [-0.4, -0.2) is 25.4 Å². The third kappa shape index (κ3) is 3.73. The van der Waals surface area contributed by atoms with E-state index >= 15 is 0 Å². The standard InChI is InChI=1S/C12H17F2NO2/c1-17-8-12(16,3-2-4-15)9-5-10(13)7-11(14)6-9/h5-7,16H,2-4,8,15H2,1H3. The Bertz CT molecular complexity index is 353. The monoisotopic (exact) mass is 245 g/mol. The summed E-state index contributed by atoms with van der Waals surface area (Å²) in [7, 11) is 1.42. The van der Waals surface area contributed by atoms with Gasteiger partial charge in [0.1, 0.15) is 17.2 Å². The molecule has 0 aliphatic carbocycles. The van der Waals surface area contributed by atoms with Crippen molar-refractivity contribution in [2.24, 2.45) is 5.73 Å². The van der Waals surface area contributed by atoms with Gasteiger partial charge in [0.2, 0.25) is 0 Å². The number of nitrogens with two attached hydrogens (primary N) is 1. The Balaban J connectivity index is 3.02. The minimum Gasteiger partial charge on any atom is -0.383 e. The van der Waals surface area contributed by atoms with E-state index in [-0.39, 0.29) is 12.2 Å². The second-order valence-corrected chi connectivity index (χ2v) is 4.01. The highest BCUT2D eigenvalue weighted by molar-refractivity contribution is 5.24. The number of benzene rings is 1. The van der Waals surface area contributed by atoms with E-state index in [4.69, 9.17) is 10.5 Å². The summed E-state index contributed by atoms with van der Waals surface area (Å²) in [5.74, 6) is -1.44. The maximum Gasteiger partial charge on any atom is 0.126 e. The normalized spacial score (nSPS) is 14.6. The first-order valence-corrected chi connectivity index (χ1v) is 5.40. The van der Waals surface area contributed by atoms with Crippen LogP contribution in [-0.2, 0) is 10.3 Å². The number of rotatable bonds is 6. The molecule has 96 valence electrons. The van der Waals surface area contributed by atoms with Crippen LogP contribution >= 0.6 is 0 Å². The lowest BCUT2D eigenvalue weighted by molar-refractivity contribution is -0.0433. The Morgan fingerprint density at radius 1 is 1.29 bits per heavy atom. The van der Waals surface area contributed by atoms with Gasteiger partial charge in [-0.25, -0.2) is 8.78 Å². The Morgan fingerprint density at radius 2 is 1.88 bits per heavy atom. The van der Waals surface area contributed by atoms with Crippen molar-refractivity contribution in [1.29, 1.82) is 0 Å². The van der Waals surface area contributed by atoms with E-state index < -0.39 is 17.2 Å². The third-order valence-corrected chi connectivity index (χ3v) is 2.58. The van der Waals surface area contributed by atoms with Crippen LogP contribution in [0.4, 0.5) is 8.78 Å². The van der Waals surface area contributed by atoms with Gasteiger partial charge in [-0.1, -0.05) is 0 Å². The van der Waals surface area contributed by atoms with Crippen molar-refractivity contribution < 1.29 is 18.6 Å². The molecule has 0 radical (unpaired) electrons. The topological polar surface area (TPSA) is 55.5 Å². The average Bonchev–Trinajstić information content (AvgIpc) is 2.25. The molecule has 1 rings (SSSR count). The summed E-state index contributed by atoms with van der Waals surface area (Å²) in [6.07, 6.45) is 0.832. The minimum absolute atomic E-state index is 0.0319. The molecule has 5 heteroatoms. The summed E-state index contributed by atoms with van der Waals surface area (Å²) in [6, 6.07) is 2.98. The molecule has 0 aliphatic heterocycles. The molecule has 0 aromatic heterocycles. The number of ether oxygens (including phenoxy) is 1. The van der Waals surface area contributed by atoms with Crippen molar-refractivity contribution in [1.82, 2.24) is 0 Å². The summed E-state index contributed by atoms with van der Waals surface area (Å²) in [6.45, 7) is 0.361. The Hall–Kier alpha value is -1.04. The van der Waals surface area contributed by atoms with Crippen molar-refractivity contribution in [3.8, 4) is 0 Å². The van der Waals surface area contributed by atoms with Crippen LogP contribution in [0, 0.1) is 11.6 Å². The van der Waals surface area contributed by atoms with E-state index in [2.05, 4.69) is 0 Å². The molecule has 0 saturated carbocycles. The van der Waals surface area contributed by atoms with Gasteiger partial charge in [-0.05, 0) is 37.1 Å². The zero-order valence-electron chi connectivity index (χ0n) is 9.75. The SMILES string of the molecule is COCC(O)(CCCN)c1cc(F)cc(F)c1. The van der Waals surface area contributed by atoms with E-state index in [1.54, 1.807) is 0 Å². The summed E-state index contributed by atoms with van der Waals surface area (Å²) in [5.41, 5.74) is 4.14. The van der Waals surface area contributed by atoms with Gasteiger partial charge in [0.25, 0.3) is 0 Å². The quantitative estimate of drug-likeness (QED) is 0.799. The first kappa shape index (κ1) is 14.0. The predicted octanol–water partition coefficient (Wildman–Crippen LogP) is 1.54. The summed E-state index contributed by atoms with van der Waals surface area (Å²) < 4.78 is 31.1. The first-order chi connectivity index (χ1) is 8.01. The number of hydrogen-bond acceptors (Lipinski definition) is 3.